The van der Waals surface area contributed by atoms with Crippen LogP contribution in [0.1, 0.15) is 20.8 Å². The van der Waals surface area contributed by atoms with Crippen molar-refractivity contribution < 1.29 is 9.53 Å². The molecule has 2 heterocycles. The van der Waals surface area contributed by atoms with Crippen LogP contribution in [-0.2, 0) is 4.74 Å². The Hall–Kier alpha value is -2.83. The molecular formula is C18H23N5O2. The van der Waals surface area contributed by atoms with Gasteiger partial charge in [0, 0.05) is 24.7 Å². The zero-order valence-electron chi connectivity index (χ0n) is 14.7. The number of nitrogens with zero attached hydrogens (tertiary/aromatic N) is 3. The molecule has 0 bridgehead atoms. The summed E-state index contributed by atoms with van der Waals surface area (Å²) in [6.07, 6.45) is -0.399. The molecule has 25 heavy (non-hydrogen) atoms. The number of alkyl carbamates (subject to hydrolysis) is 1. The molecule has 0 spiro atoms. The predicted molar refractivity (Wildman–Crippen MR) is 97.3 cm³/mol. The van der Waals surface area contributed by atoms with E-state index in [4.69, 9.17) is 10.5 Å². The van der Waals surface area contributed by atoms with Crippen LogP contribution < -0.4 is 16.0 Å². The molecule has 0 aliphatic carbocycles. The topological polar surface area (TPSA) is 93.4 Å². The second-order valence-corrected chi connectivity index (χ2v) is 7.08. The third-order valence-corrected chi connectivity index (χ3v) is 3.73. The smallest absolute Gasteiger partial charge is 0.407 e. The molecule has 1 aliphatic rings. The number of nitrogen functional groups attached to an aromatic ring is 1. The molecular weight excluding hydrogens is 318 g/mol. The molecule has 1 aromatic heterocycles. The first kappa shape index (κ1) is 17.0. The lowest BCUT2D eigenvalue weighted by Gasteiger charge is -2.40. The number of carbonyl (C=O) groups is 1. The van der Waals surface area contributed by atoms with Gasteiger partial charge in [0.1, 0.15) is 11.4 Å². The Morgan fingerprint density at radius 1 is 1.24 bits per heavy atom. The fraction of sp³-hybridized carbons (Fsp3) is 0.389. The molecule has 0 radical (unpaired) electrons. The third-order valence-electron chi connectivity index (χ3n) is 3.73. The normalized spacial score (nSPS) is 14.8. The summed E-state index contributed by atoms with van der Waals surface area (Å²) in [5.74, 6) is 0.994. The quantitative estimate of drug-likeness (QED) is 0.891. The lowest BCUT2D eigenvalue weighted by Crippen LogP contribution is -2.60. The van der Waals surface area contributed by atoms with Crippen LogP contribution in [0, 0.1) is 0 Å². The van der Waals surface area contributed by atoms with Crippen LogP contribution in [0.4, 0.5) is 16.6 Å². The number of benzene rings is 1. The van der Waals surface area contributed by atoms with Crippen LogP contribution in [0.5, 0.6) is 0 Å². The maximum Gasteiger partial charge on any atom is 0.407 e. The Labute approximate surface area is 147 Å². The molecule has 3 N–H and O–H groups in total. The van der Waals surface area contributed by atoms with Gasteiger partial charge >= 0.3 is 6.09 Å². The Bertz CT molecular complexity index is 752. The van der Waals surface area contributed by atoms with Crippen LogP contribution in [0.2, 0.25) is 0 Å². The predicted octanol–water partition coefficient (Wildman–Crippen LogP) is 2.44. The summed E-state index contributed by atoms with van der Waals surface area (Å²) < 4.78 is 5.27. The molecule has 1 aromatic carbocycles. The van der Waals surface area contributed by atoms with Gasteiger partial charge in [-0.3, -0.25) is 0 Å². The molecule has 1 fully saturated rings. The summed E-state index contributed by atoms with van der Waals surface area (Å²) in [6, 6.07) is 11.8. The molecule has 2 aromatic rings. The van der Waals surface area contributed by atoms with E-state index >= 15 is 0 Å². The fourth-order valence-electron chi connectivity index (χ4n) is 2.60. The van der Waals surface area contributed by atoms with E-state index in [1.54, 1.807) is 0 Å². The highest BCUT2D eigenvalue weighted by Gasteiger charge is 2.31. The number of carbonyl (C=O) groups excluding carboxylic acids is 1. The Morgan fingerprint density at radius 3 is 2.56 bits per heavy atom. The van der Waals surface area contributed by atoms with Gasteiger partial charge in [0.25, 0.3) is 0 Å². The summed E-state index contributed by atoms with van der Waals surface area (Å²) in [7, 11) is 0. The molecule has 132 valence electrons. The molecule has 7 nitrogen and oxygen atoms in total. The first-order valence-corrected chi connectivity index (χ1v) is 8.24. The number of hydrogen-bond donors (Lipinski definition) is 2. The van der Waals surface area contributed by atoms with Crippen LogP contribution >= 0.6 is 0 Å². The fourth-order valence-corrected chi connectivity index (χ4v) is 2.60. The van der Waals surface area contributed by atoms with Gasteiger partial charge in [-0.05, 0) is 20.8 Å². The molecule has 1 saturated heterocycles. The van der Waals surface area contributed by atoms with E-state index in [2.05, 4.69) is 15.3 Å². The number of hydrogen-bond acceptors (Lipinski definition) is 6. The third kappa shape index (κ3) is 4.37. The summed E-state index contributed by atoms with van der Waals surface area (Å²) in [4.78, 5) is 22.5. The van der Waals surface area contributed by atoms with Gasteiger partial charge in [-0.15, -0.1) is 0 Å². The van der Waals surface area contributed by atoms with Gasteiger partial charge in [0.2, 0.25) is 5.95 Å². The van der Waals surface area contributed by atoms with Crippen molar-refractivity contribution in [3.63, 3.8) is 0 Å². The minimum absolute atomic E-state index is 0.0335. The van der Waals surface area contributed by atoms with Crippen molar-refractivity contribution in [3.8, 4) is 11.3 Å². The minimum atomic E-state index is -0.501. The second kappa shape index (κ2) is 6.58. The number of rotatable bonds is 3. The van der Waals surface area contributed by atoms with Gasteiger partial charge in [-0.2, -0.15) is 4.98 Å². The first-order chi connectivity index (χ1) is 11.8. The van der Waals surface area contributed by atoms with E-state index in [1.165, 1.54) is 0 Å². The average molecular weight is 341 g/mol. The van der Waals surface area contributed by atoms with E-state index in [0.29, 0.717) is 13.1 Å². The molecule has 0 atom stereocenters. The molecule has 3 rings (SSSR count). The van der Waals surface area contributed by atoms with Gasteiger partial charge in [0.05, 0.1) is 11.7 Å². The van der Waals surface area contributed by atoms with Crippen molar-refractivity contribution in [2.75, 3.05) is 23.7 Å². The average Bonchev–Trinajstić information content (AvgIpc) is 2.49. The van der Waals surface area contributed by atoms with Crippen molar-refractivity contribution >= 4 is 17.9 Å². The maximum atomic E-state index is 11.8. The van der Waals surface area contributed by atoms with Gasteiger partial charge in [-0.1, -0.05) is 30.3 Å². The van der Waals surface area contributed by atoms with Crippen LogP contribution in [0.3, 0.4) is 0 Å². The highest BCUT2D eigenvalue weighted by molar-refractivity contribution is 5.69. The number of ether oxygens (including phenoxy) is 1. The van der Waals surface area contributed by atoms with E-state index < -0.39 is 11.7 Å². The standard InChI is InChI=1S/C18H23N5O2/c1-18(2,3)25-17(24)20-13-10-23(11-13)15-9-14(21-16(19)22-15)12-7-5-4-6-8-12/h4-9,13H,10-11H2,1-3H3,(H,20,24)(H2,19,21,22). The number of amides is 1. The number of nitrogens with two attached hydrogens (primary N) is 1. The lowest BCUT2D eigenvalue weighted by molar-refractivity contribution is 0.0496. The Kier molecular flexibility index (Phi) is 4.48. The first-order valence-electron chi connectivity index (χ1n) is 8.24. The van der Waals surface area contributed by atoms with Crippen molar-refractivity contribution in [2.45, 2.75) is 32.4 Å². The summed E-state index contributed by atoms with van der Waals surface area (Å²) in [5.41, 5.74) is 7.13. The minimum Gasteiger partial charge on any atom is -0.444 e. The van der Waals surface area contributed by atoms with Crippen molar-refractivity contribution in [3.05, 3.63) is 36.4 Å². The molecule has 7 heteroatoms. The zero-order chi connectivity index (χ0) is 18.0. The van der Waals surface area contributed by atoms with E-state index in [0.717, 1.165) is 17.1 Å². The summed E-state index contributed by atoms with van der Waals surface area (Å²) in [5, 5.41) is 2.86. The number of nitrogens with one attached hydrogen (secondary N) is 1. The monoisotopic (exact) mass is 341 g/mol. The highest BCUT2D eigenvalue weighted by atomic mass is 16.6. The molecule has 1 aliphatic heterocycles. The Morgan fingerprint density at radius 2 is 1.92 bits per heavy atom. The molecule has 0 unspecified atom stereocenters. The van der Waals surface area contributed by atoms with Crippen molar-refractivity contribution in [2.24, 2.45) is 0 Å². The molecule has 1 amide bonds. The second-order valence-electron chi connectivity index (χ2n) is 7.08. The van der Waals surface area contributed by atoms with Crippen molar-refractivity contribution in [1.29, 1.82) is 0 Å². The number of aromatic nitrogens is 2. The largest absolute Gasteiger partial charge is 0.444 e. The van der Waals surface area contributed by atoms with Gasteiger partial charge in [-0.25, -0.2) is 9.78 Å². The lowest BCUT2D eigenvalue weighted by atomic mass is 10.1. The Balaban J connectivity index is 1.63. The van der Waals surface area contributed by atoms with Crippen LogP contribution in [0.15, 0.2) is 36.4 Å². The van der Waals surface area contributed by atoms with E-state index in [1.807, 2.05) is 62.1 Å². The zero-order valence-corrected chi connectivity index (χ0v) is 14.7. The maximum absolute atomic E-state index is 11.8. The SMILES string of the molecule is CC(C)(C)OC(=O)NC1CN(c2cc(-c3ccccc3)nc(N)n2)C1. The van der Waals surface area contributed by atoms with Crippen molar-refractivity contribution in [1.82, 2.24) is 15.3 Å². The van der Waals surface area contributed by atoms with Crippen LogP contribution in [-0.4, -0.2) is 40.8 Å². The van der Waals surface area contributed by atoms with Gasteiger partial charge in [0.15, 0.2) is 0 Å². The molecule has 0 saturated carbocycles. The van der Waals surface area contributed by atoms with Crippen LogP contribution in [0.25, 0.3) is 11.3 Å². The summed E-state index contributed by atoms with van der Waals surface area (Å²) in [6.45, 7) is 6.84. The van der Waals surface area contributed by atoms with E-state index in [-0.39, 0.29) is 12.0 Å². The van der Waals surface area contributed by atoms with Gasteiger partial charge < -0.3 is 20.7 Å². The summed E-state index contributed by atoms with van der Waals surface area (Å²) >= 11 is 0. The highest BCUT2D eigenvalue weighted by Crippen LogP contribution is 2.25. The van der Waals surface area contributed by atoms with E-state index in [9.17, 15) is 4.79 Å². The number of anilines is 2.